The molecule has 0 amide bonds. The SMILES string of the molecule is CCCCCCCC/C=C\CCCCCCCCCCCC(=O)OC(CCCCCCCCCCC)CC(=O)O. The molecule has 236 valence electrons. The van der Waals surface area contributed by atoms with Gasteiger partial charge in [0.15, 0.2) is 0 Å². The van der Waals surface area contributed by atoms with Crippen molar-refractivity contribution in [2.75, 3.05) is 0 Å². The van der Waals surface area contributed by atoms with Gasteiger partial charge in [0.25, 0.3) is 0 Å². The summed E-state index contributed by atoms with van der Waals surface area (Å²) in [5.74, 6) is -1.10. The van der Waals surface area contributed by atoms with E-state index in [-0.39, 0.29) is 12.4 Å². The van der Waals surface area contributed by atoms with Crippen molar-refractivity contribution in [3.63, 3.8) is 0 Å². The lowest BCUT2D eigenvalue weighted by atomic mass is 10.0. The van der Waals surface area contributed by atoms with Crippen molar-refractivity contribution < 1.29 is 19.4 Å². The maximum atomic E-state index is 12.3. The minimum absolute atomic E-state index is 0.0712. The van der Waals surface area contributed by atoms with Crippen molar-refractivity contribution in [1.29, 1.82) is 0 Å². The molecule has 4 nitrogen and oxygen atoms in total. The smallest absolute Gasteiger partial charge is 0.307 e. The molecule has 4 heteroatoms. The number of ether oxygens (including phenoxy) is 1. The Morgan fingerprint density at radius 3 is 1.35 bits per heavy atom. The van der Waals surface area contributed by atoms with Crippen molar-refractivity contribution in [2.45, 2.75) is 206 Å². The Morgan fingerprint density at radius 1 is 0.550 bits per heavy atom. The first-order chi connectivity index (χ1) is 19.6. The number of esters is 1. The maximum absolute atomic E-state index is 12.3. The van der Waals surface area contributed by atoms with Gasteiger partial charge in [-0.3, -0.25) is 9.59 Å². The average molecular weight is 565 g/mol. The van der Waals surface area contributed by atoms with E-state index in [9.17, 15) is 14.7 Å². The van der Waals surface area contributed by atoms with Crippen LogP contribution in [0.2, 0.25) is 0 Å². The lowest BCUT2D eigenvalue weighted by Crippen LogP contribution is -2.21. The third-order valence-electron chi connectivity index (χ3n) is 7.97. The quantitative estimate of drug-likeness (QED) is 0.0501. The molecule has 0 aliphatic carbocycles. The second kappa shape index (κ2) is 32.2. The molecule has 0 fully saturated rings. The highest BCUT2D eigenvalue weighted by atomic mass is 16.5. The Hall–Kier alpha value is -1.32. The summed E-state index contributed by atoms with van der Waals surface area (Å²) < 4.78 is 5.55. The van der Waals surface area contributed by atoms with Crippen LogP contribution in [0.1, 0.15) is 200 Å². The molecular weight excluding hydrogens is 496 g/mol. The summed E-state index contributed by atoms with van der Waals surface area (Å²) >= 11 is 0. The molecule has 0 saturated carbocycles. The molecule has 1 atom stereocenters. The highest BCUT2D eigenvalue weighted by Gasteiger charge is 2.17. The van der Waals surface area contributed by atoms with Gasteiger partial charge in [-0.05, 0) is 44.9 Å². The summed E-state index contributed by atoms with van der Waals surface area (Å²) in [7, 11) is 0. The highest BCUT2D eigenvalue weighted by molar-refractivity contribution is 5.71. The monoisotopic (exact) mass is 565 g/mol. The van der Waals surface area contributed by atoms with Gasteiger partial charge in [0.1, 0.15) is 6.10 Å². The van der Waals surface area contributed by atoms with E-state index in [4.69, 9.17) is 4.74 Å². The van der Waals surface area contributed by atoms with E-state index in [1.165, 1.54) is 141 Å². The number of allylic oxidation sites excluding steroid dienone is 2. The lowest BCUT2D eigenvalue weighted by Gasteiger charge is -2.16. The standard InChI is InChI=1S/C36H68O4/c1-3-5-7-9-11-13-14-15-16-17-18-19-20-21-22-24-26-28-30-32-36(39)40-34(33-35(37)38)31-29-27-25-23-12-10-8-6-4-2/h15-16,34H,3-14,17-33H2,1-2H3,(H,37,38)/b16-15-. The molecule has 1 N–H and O–H groups in total. The summed E-state index contributed by atoms with van der Waals surface area (Å²) in [4.78, 5) is 23.5. The Bertz CT molecular complexity index is 571. The van der Waals surface area contributed by atoms with Gasteiger partial charge in [-0.15, -0.1) is 0 Å². The molecule has 1 unspecified atom stereocenters. The molecule has 0 bridgehead atoms. The molecule has 0 aromatic rings. The third-order valence-corrected chi connectivity index (χ3v) is 7.97. The Morgan fingerprint density at radius 2 is 0.925 bits per heavy atom. The van der Waals surface area contributed by atoms with E-state index < -0.39 is 12.1 Å². The summed E-state index contributed by atoms with van der Waals surface area (Å²) in [6, 6.07) is 0. The molecule has 0 saturated heterocycles. The van der Waals surface area contributed by atoms with Crippen LogP contribution in [0, 0.1) is 0 Å². The van der Waals surface area contributed by atoms with Crippen LogP contribution in [0.15, 0.2) is 12.2 Å². The van der Waals surface area contributed by atoms with E-state index in [2.05, 4.69) is 26.0 Å². The number of hydrogen-bond donors (Lipinski definition) is 1. The van der Waals surface area contributed by atoms with E-state index in [1.807, 2.05) is 0 Å². The van der Waals surface area contributed by atoms with Gasteiger partial charge < -0.3 is 9.84 Å². The molecular formula is C36H68O4. The minimum atomic E-state index is -0.881. The fourth-order valence-electron chi connectivity index (χ4n) is 5.37. The van der Waals surface area contributed by atoms with Gasteiger partial charge in [0, 0.05) is 6.42 Å². The predicted molar refractivity (Wildman–Crippen MR) is 172 cm³/mol. The fourth-order valence-corrected chi connectivity index (χ4v) is 5.37. The average Bonchev–Trinajstić information content (AvgIpc) is 2.93. The second-order valence-electron chi connectivity index (χ2n) is 12.1. The topological polar surface area (TPSA) is 63.6 Å². The van der Waals surface area contributed by atoms with Crippen LogP contribution in [-0.2, 0) is 14.3 Å². The van der Waals surface area contributed by atoms with Gasteiger partial charge in [-0.1, -0.05) is 154 Å². The molecule has 0 heterocycles. The van der Waals surface area contributed by atoms with Crippen molar-refractivity contribution >= 4 is 11.9 Å². The van der Waals surface area contributed by atoms with Crippen LogP contribution >= 0.6 is 0 Å². The Balaban J connectivity index is 3.59. The van der Waals surface area contributed by atoms with Crippen LogP contribution in [0.4, 0.5) is 0 Å². The predicted octanol–water partition coefficient (Wildman–Crippen LogP) is 11.9. The van der Waals surface area contributed by atoms with E-state index in [0.29, 0.717) is 12.8 Å². The zero-order chi connectivity index (χ0) is 29.4. The fraction of sp³-hybridized carbons (Fsp3) is 0.889. The molecule has 0 aromatic heterocycles. The molecule has 40 heavy (non-hydrogen) atoms. The first-order valence-electron chi connectivity index (χ1n) is 17.7. The zero-order valence-electron chi connectivity index (χ0n) is 26.9. The number of aliphatic carboxylic acids is 1. The molecule has 0 radical (unpaired) electrons. The van der Waals surface area contributed by atoms with Crippen LogP contribution in [0.25, 0.3) is 0 Å². The van der Waals surface area contributed by atoms with Crippen molar-refractivity contribution in [2.24, 2.45) is 0 Å². The largest absolute Gasteiger partial charge is 0.481 e. The minimum Gasteiger partial charge on any atom is -0.481 e. The van der Waals surface area contributed by atoms with Gasteiger partial charge >= 0.3 is 11.9 Å². The molecule has 0 aromatic carbocycles. The van der Waals surface area contributed by atoms with Gasteiger partial charge in [0.05, 0.1) is 6.42 Å². The Kier molecular flexibility index (Phi) is 31.1. The highest BCUT2D eigenvalue weighted by Crippen LogP contribution is 2.16. The lowest BCUT2D eigenvalue weighted by molar-refractivity contribution is -0.153. The van der Waals surface area contributed by atoms with Crippen LogP contribution in [0.3, 0.4) is 0 Å². The van der Waals surface area contributed by atoms with E-state index >= 15 is 0 Å². The number of unbranched alkanes of at least 4 members (excludes halogenated alkanes) is 23. The summed E-state index contributed by atoms with van der Waals surface area (Å²) in [5.41, 5.74) is 0. The number of carboxylic acids is 1. The number of rotatable bonds is 32. The van der Waals surface area contributed by atoms with Crippen LogP contribution < -0.4 is 0 Å². The normalized spacial score (nSPS) is 12.2. The summed E-state index contributed by atoms with van der Waals surface area (Å²) in [6.45, 7) is 4.51. The number of carboxylic acid groups (broad SMARTS) is 1. The van der Waals surface area contributed by atoms with Crippen molar-refractivity contribution in [3.05, 3.63) is 12.2 Å². The van der Waals surface area contributed by atoms with Crippen molar-refractivity contribution in [1.82, 2.24) is 0 Å². The first-order valence-corrected chi connectivity index (χ1v) is 17.7. The van der Waals surface area contributed by atoms with Crippen molar-refractivity contribution in [3.8, 4) is 0 Å². The summed E-state index contributed by atoms with van der Waals surface area (Å²) in [5, 5.41) is 9.19. The van der Waals surface area contributed by atoms with Gasteiger partial charge in [-0.25, -0.2) is 0 Å². The van der Waals surface area contributed by atoms with Gasteiger partial charge in [0.2, 0.25) is 0 Å². The zero-order valence-corrected chi connectivity index (χ0v) is 26.9. The molecule has 0 rings (SSSR count). The van der Waals surface area contributed by atoms with Crippen LogP contribution in [0.5, 0.6) is 0 Å². The molecule has 0 spiro atoms. The van der Waals surface area contributed by atoms with Gasteiger partial charge in [-0.2, -0.15) is 0 Å². The summed E-state index contributed by atoms with van der Waals surface area (Å²) in [6.07, 6.45) is 38.1. The maximum Gasteiger partial charge on any atom is 0.307 e. The second-order valence-corrected chi connectivity index (χ2v) is 12.1. The number of carbonyl (C=O) groups excluding carboxylic acids is 1. The van der Waals surface area contributed by atoms with Crippen LogP contribution in [-0.4, -0.2) is 23.1 Å². The number of carbonyl (C=O) groups is 2. The molecule has 0 aliphatic heterocycles. The number of hydrogen-bond acceptors (Lipinski definition) is 3. The molecule has 0 aliphatic rings. The van der Waals surface area contributed by atoms with E-state index in [1.54, 1.807) is 0 Å². The third kappa shape index (κ3) is 31.2. The van der Waals surface area contributed by atoms with E-state index in [0.717, 1.165) is 25.7 Å². The Labute approximate surface area is 249 Å². The first kappa shape index (κ1) is 38.7.